The quantitative estimate of drug-likeness (QED) is 0.0330. The fourth-order valence-electron chi connectivity index (χ4n) is 15.8. The van der Waals surface area contributed by atoms with E-state index in [4.69, 9.17) is 85.3 Å². The number of ether oxygens (including phenoxy) is 18. The molecule has 0 aliphatic rings. The van der Waals surface area contributed by atoms with Crippen molar-refractivity contribution in [3.05, 3.63) is 261 Å². The lowest BCUT2D eigenvalue weighted by atomic mass is 10.0. The molecule has 0 saturated carbocycles. The van der Waals surface area contributed by atoms with E-state index < -0.39 is 0 Å². The van der Waals surface area contributed by atoms with Gasteiger partial charge in [0.05, 0.1) is 123 Å². The third kappa shape index (κ3) is 33.8. The lowest BCUT2D eigenvalue weighted by Gasteiger charge is -2.19. The summed E-state index contributed by atoms with van der Waals surface area (Å²) in [5.41, 5.74) is 16.9. The van der Waals surface area contributed by atoms with Crippen molar-refractivity contribution in [1.29, 1.82) is 0 Å². The summed E-state index contributed by atoms with van der Waals surface area (Å²) >= 11 is 0. The Morgan fingerprint density at radius 2 is 0.359 bits per heavy atom. The van der Waals surface area contributed by atoms with E-state index in [1.54, 1.807) is 85.3 Å². The maximum absolute atomic E-state index is 6.27. The average Bonchev–Trinajstić information content (AvgIpc) is 0.836. The number of benzene rings is 11. The summed E-state index contributed by atoms with van der Waals surface area (Å²) in [7, 11) is 19.9. The molecule has 0 N–H and O–H groups in total. The monoisotopic (exact) mass is 1930 g/mol. The Morgan fingerprint density at radius 1 is 0.190 bits per heavy atom. The molecule has 0 heterocycles. The van der Waals surface area contributed by atoms with Gasteiger partial charge in [-0.2, -0.15) is 0 Å². The zero-order valence-electron chi connectivity index (χ0n) is 88.5. The first-order valence-electron chi connectivity index (χ1n) is 50.1. The van der Waals surface area contributed by atoms with E-state index in [0.29, 0.717) is 129 Å². The van der Waals surface area contributed by atoms with E-state index >= 15 is 0 Å². The number of hydrogen-bond donors (Lipinski definition) is 0. The van der Waals surface area contributed by atoms with Crippen LogP contribution in [0.4, 0.5) is 0 Å². The molecule has 11 rings (SSSR count). The Kier molecular flexibility index (Phi) is 47.1. The minimum atomic E-state index is 0.0581. The molecule has 0 aliphatic carbocycles. The molecule has 0 saturated heterocycles. The van der Waals surface area contributed by atoms with Crippen LogP contribution in [0.1, 0.15) is 240 Å². The Balaban J connectivity index is 0.000000240. The van der Waals surface area contributed by atoms with E-state index in [2.05, 4.69) is 239 Å². The molecule has 0 aliphatic heterocycles. The zero-order chi connectivity index (χ0) is 102. The van der Waals surface area contributed by atoms with Crippen molar-refractivity contribution < 1.29 is 85.3 Å². The largest absolute Gasteiger partial charge is 0.493 e. The summed E-state index contributed by atoms with van der Waals surface area (Å²) in [6.07, 6.45) is 40.2. The highest BCUT2D eigenvalue weighted by Crippen LogP contribution is 2.47. The van der Waals surface area contributed by atoms with Crippen LogP contribution in [0.3, 0.4) is 0 Å². The van der Waals surface area contributed by atoms with Crippen LogP contribution in [0.2, 0.25) is 0 Å². The maximum atomic E-state index is 6.27. The molecule has 0 aromatic heterocycles. The van der Waals surface area contributed by atoms with Crippen LogP contribution >= 0.6 is 0 Å². The van der Waals surface area contributed by atoms with Crippen LogP contribution in [0.25, 0.3) is 95.2 Å². The summed E-state index contributed by atoms with van der Waals surface area (Å²) in [5, 5.41) is 0. The number of unbranched alkanes of at least 4 members (excludes halogenated alkanes) is 2. The van der Waals surface area contributed by atoms with Gasteiger partial charge in [0, 0.05) is 0 Å². The molecule has 0 radical (unpaired) electrons. The number of methoxy groups -OCH3 is 12. The molecule has 0 spiro atoms. The van der Waals surface area contributed by atoms with E-state index in [9.17, 15) is 0 Å². The summed E-state index contributed by atoms with van der Waals surface area (Å²) in [4.78, 5) is 0. The molecule has 18 heteroatoms. The predicted octanol–water partition coefficient (Wildman–Crippen LogP) is 32.2. The third-order valence-electron chi connectivity index (χ3n) is 24.8. The Labute approximate surface area is 847 Å². The van der Waals surface area contributed by atoms with Crippen LogP contribution in [-0.2, 0) is 0 Å². The standard InChI is InChI=1S/C48H62O6.C40H46O6.C36H46O6/c1-9-13-15-35(11-3)33-53-47-43(49-5)29-39(30-44(47)50-6)19-17-37-21-25-41(26-22-37)42-27-23-38(24-28-42)18-20-40-31-45(51-7)48(46(32-40)52-8)54-34-36(12-4)16-14-10-2;1-9-27(3)45-39-35(41-5)23-31(24-36(39)42-6)13-11-29-15-19-33(20-16-29)34-21-17-30(18-22-34)12-14-32-25-37(43-7)40(38(26-32)44-8)46-28(4)10-2;1-9-11-25(3)41-35-31(37-5)21-29(22-32(35)38-6)19-17-27-13-15-28(16-14-27)18-20-30-23-33(39-7)36(34(24-30)40-8)42-26(4)12-10-2/h17-32,35-36H,9-16,33-34H2,1-8H3;11-28H,9-10H2,1-8H3;13-26H,9-12H2,1-8H3/b19-17+,20-18+;13-11+,14-12+;19-17+,20-18+. The van der Waals surface area contributed by atoms with Gasteiger partial charge in [-0.25, -0.2) is 0 Å². The molecular formula is C124H154O18. The van der Waals surface area contributed by atoms with Gasteiger partial charge in [-0.3, -0.25) is 0 Å². The molecule has 0 fully saturated rings. The van der Waals surface area contributed by atoms with E-state index in [-0.39, 0.29) is 24.4 Å². The molecule has 0 amide bonds. The average molecular weight is 1930 g/mol. The van der Waals surface area contributed by atoms with Crippen LogP contribution in [0, 0.1) is 11.8 Å². The summed E-state index contributed by atoms with van der Waals surface area (Å²) < 4.78 is 105. The minimum Gasteiger partial charge on any atom is -0.493 e. The molecule has 142 heavy (non-hydrogen) atoms. The van der Waals surface area contributed by atoms with Gasteiger partial charge in [-0.1, -0.05) is 301 Å². The first kappa shape index (κ1) is 112. The van der Waals surface area contributed by atoms with Crippen molar-refractivity contribution in [3.8, 4) is 126 Å². The van der Waals surface area contributed by atoms with Gasteiger partial charge in [0.2, 0.25) is 34.5 Å². The van der Waals surface area contributed by atoms with E-state index in [1.807, 2.05) is 111 Å². The van der Waals surface area contributed by atoms with Crippen LogP contribution in [0.15, 0.2) is 194 Å². The highest BCUT2D eigenvalue weighted by Gasteiger charge is 2.24. The molecule has 6 atom stereocenters. The topological polar surface area (TPSA) is 166 Å². The summed E-state index contributed by atoms with van der Waals surface area (Å²) in [5.74, 6) is 12.8. The Hall–Kier alpha value is -13.7. The second kappa shape index (κ2) is 59.8. The molecule has 11 aromatic carbocycles. The molecular weight excluding hydrogens is 1780 g/mol. The molecule has 18 nitrogen and oxygen atoms in total. The minimum absolute atomic E-state index is 0.0581. The van der Waals surface area contributed by atoms with Crippen LogP contribution in [-0.4, -0.2) is 123 Å². The normalized spacial score (nSPS) is 12.6. The smallest absolute Gasteiger partial charge is 0.203 e. The lowest BCUT2D eigenvalue weighted by molar-refractivity contribution is 0.191. The maximum Gasteiger partial charge on any atom is 0.203 e. The third-order valence-corrected chi connectivity index (χ3v) is 24.8. The second-order valence-electron chi connectivity index (χ2n) is 35.2. The van der Waals surface area contributed by atoms with Gasteiger partial charge in [0.25, 0.3) is 0 Å². The van der Waals surface area contributed by atoms with E-state index in [1.165, 1.54) is 25.7 Å². The number of hydrogen-bond acceptors (Lipinski definition) is 18. The summed E-state index contributed by atoms with van der Waals surface area (Å²) in [6.45, 7) is 26.8. The highest BCUT2D eigenvalue weighted by atomic mass is 16.6. The van der Waals surface area contributed by atoms with Crippen molar-refractivity contribution in [2.24, 2.45) is 11.8 Å². The van der Waals surface area contributed by atoms with Gasteiger partial charge >= 0.3 is 0 Å². The zero-order valence-corrected chi connectivity index (χ0v) is 88.5. The van der Waals surface area contributed by atoms with Crippen LogP contribution in [0.5, 0.6) is 103 Å². The van der Waals surface area contributed by atoms with Crippen molar-refractivity contribution in [3.63, 3.8) is 0 Å². The van der Waals surface area contributed by atoms with Gasteiger partial charge < -0.3 is 85.3 Å². The van der Waals surface area contributed by atoms with Gasteiger partial charge in [0.15, 0.2) is 69.0 Å². The Bertz CT molecular complexity index is 5320. The van der Waals surface area contributed by atoms with E-state index in [0.717, 1.165) is 153 Å². The van der Waals surface area contributed by atoms with Crippen LogP contribution < -0.4 is 85.3 Å². The van der Waals surface area contributed by atoms with Gasteiger partial charge in [-0.15, -0.1) is 0 Å². The highest BCUT2D eigenvalue weighted by molar-refractivity contribution is 5.81. The van der Waals surface area contributed by atoms with Crippen molar-refractivity contribution in [2.45, 2.75) is 197 Å². The SMILES string of the molecule is CCC(C)Oc1c(OC)cc(/C=C/c2ccc(-c3ccc(/C=C/c4cc(OC)c(OC(C)CC)c(OC)c4)cc3)cc2)cc1OC.CCCC(C)Oc1c(OC)cc(/C=C/c2ccc(/C=C/c3cc(OC)c(OC(C)CCC)c(OC)c3)cc2)cc1OC.CCCCC(CC)COc1c(OC)cc(/C=C/c2ccc(-c3ccc(/C=C/c4cc(OC)c(OCC(CC)CCCC)c(OC)c4)cc3)cc2)cc1OC. The fraction of sp³-hybridized carbons (Fsp3) is 0.371. The van der Waals surface area contributed by atoms with Gasteiger partial charge in [-0.05, 0) is 240 Å². The van der Waals surface area contributed by atoms with Crippen molar-refractivity contribution >= 4 is 72.9 Å². The molecule has 758 valence electrons. The molecule has 6 unspecified atom stereocenters. The first-order valence-corrected chi connectivity index (χ1v) is 50.1. The fourth-order valence-corrected chi connectivity index (χ4v) is 15.8. The predicted molar refractivity (Wildman–Crippen MR) is 589 cm³/mol. The van der Waals surface area contributed by atoms with Crippen molar-refractivity contribution in [1.82, 2.24) is 0 Å². The molecule has 0 bridgehead atoms. The summed E-state index contributed by atoms with van der Waals surface area (Å²) in [6, 6.07) is 66.2. The second-order valence-corrected chi connectivity index (χ2v) is 35.2. The number of rotatable bonds is 54. The Morgan fingerprint density at radius 3 is 0.521 bits per heavy atom. The lowest BCUT2D eigenvalue weighted by Crippen LogP contribution is -2.12. The first-order chi connectivity index (χ1) is 69.0. The molecule has 11 aromatic rings. The van der Waals surface area contributed by atoms with Gasteiger partial charge in [0.1, 0.15) is 0 Å². The van der Waals surface area contributed by atoms with Crippen molar-refractivity contribution in [2.75, 3.05) is 98.5 Å².